The van der Waals surface area contributed by atoms with Crippen LogP contribution in [0.1, 0.15) is 5.56 Å². The first-order valence-electron chi connectivity index (χ1n) is 4.81. The first kappa shape index (κ1) is 14.1. The fourth-order valence-corrected chi connectivity index (χ4v) is 1.48. The van der Waals surface area contributed by atoms with E-state index in [0.717, 1.165) is 12.1 Å². The average molecular weight is 281 g/mol. The highest BCUT2D eigenvalue weighted by Crippen LogP contribution is 2.20. The molecule has 0 atom stereocenters. The van der Waals surface area contributed by atoms with Crippen LogP contribution < -0.4 is 10.6 Å². The molecule has 94 valence electrons. The smallest absolute Gasteiger partial charge is 0.166 e. The predicted octanol–water partition coefficient (Wildman–Crippen LogP) is 1.57. The van der Waals surface area contributed by atoms with E-state index in [2.05, 4.69) is 10.6 Å². The molecule has 3 nitrogen and oxygen atoms in total. The van der Waals surface area contributed by atoms with E-state index in [-0.39, 0.29) is 35.4 Å². The van der Waals surface area contributed by atoms with Crippen LogP contribution >= 0.6 is 23.8 Å². The largest absolute Gasteiger partial charge is 0.395 e. The summed E-state index contributed by atoms with van der Waals surface area (Å²) in [5.41, 5.74) is -0.175. The fraction of sp³-hybridized carbons (Fsp3) is 0.300. The van der Waals surface area contributed by atoms with Crippen molar-refractivity contribution < 1.29 is 13.9 Å². The summed E-state index contributed by atoms with van der Waals surface area (Å²) in [7, 11) is 0. The quantitative estimate of drug-likeness (QED) is 0.579. The maximum absolute atomic E-state index is 13.4. The van der Waals surface area contributed by atoms with Gasteiger partial charge in [-0.3, -0.25) is 0 Å². The minimum atomic E-state index is -0.802. The maximum atomic E-state index is 13.4. The molecule has 0 saturated carbocycles. The van der Waals surface area contributed by atoms with E-state index in [1.807, 2.05) is 0 Å². The molecule has 0 spiro atoms. The molecule has 1 aromatic carbocycles. The fourth-order valence-electron chi connectivity index (χ4n) is 1.13. The molecule has 0 bridgehead atoms. The maximum Gasteiger partial charge on any atom is 0.166 e. The molecule has 0 fully saturated rings. The minimum Gasteiger partial charge on any atom is -0.395 e. The molecule has 0 unspecified atom stereocenters. The van der Waals surface area contributed by atoms with Gasteiger partial charge >= 0.3 is 0 Å². The Bertz CT molecular complexity index is 418. The van der Waals surface area contributed by atoms with E-state index in [9.17, 15) is 8.78 Å². The van der Waals surface area contributed by atoms with Gasteiger partial charge in [-0.05, 0) is 24.4 Å². The summed E-state index contributed by atoms with van der Waals surface area (Å²) in [6.07, 6.45) is 0. The molecule has 0 radical (unpaired) electrons. The molecular formula is C10H11ClF2N2OS. The number of halogens is 3. The first-order valence-corrected chi connectivity index (χ1v) is 5.59. The molecule has 1 rings (SSSR count). The third-order valence-electron chi connectivity index (χ3n) is 1.96. The number of benzene rings is 1. The van der Waals surface area contributed by atoms with Crippen LogP contribution in [0.15, 0.2) is 12.1 Å². The molecule has 0 aliphatic rings. The molecular weight excluding hydrogens is 270 g/mol. The van der Waals surface area contributed by atoms with Crippen molar-refractivity contribution in [2.75, 3.05) is 13.2 Å². The second kappa shape index (κ2) is 6.68. The Morgan fingerprint density at radius 1 is 1.35 bits per heavy atom. The molecule has 0 saturated heterocycles. The zero-order valence-corrected chi connectivity index (χ0v) is 10.3. The third-order valence-corrected chi connectivity index (χ3v) is 2.54. The van der Waals surface area contributed by atoms with Crippen LogP contribution in [0.25, 0.3) is 0 Å². The standard InChI is InChI=1S/C10H11ClF2N2OS/c11-7-1-2-8(12)6(9(7)13)5-15-10(17)14-3-4-16/h1-2,16H,3-5H2,(H2,14,15,17). The molecule has 0 aromatic heterocycles. The van der Waals surface area contributed by atoms with Crippen molar-refractivity contribution in [3.05, 3.63) is 34.4 Å². The predicted molar refractivity (Wildman–Crippen MR) is 65.9 cm³/mol. The van der Waals surface area contributed by atoms with Crippen LogP contribution in [0.2, 0.25) is 5.02 Å². The van der Waals surface area contributed by atoms with Crippen LogP contribution in [0, 0.1) is 11.6 Å². The van der Waals surface area contributed by atoms with Gasteiger partial charge in [0.1, 0.15) is 11.6 Å². The number of hydrogen-bond acceptors (Lipinski definition) is 2. The summed E-state index contributed by atoms with van der Waals surface area (Å²) in [4.78, 5) is 0. The van der Waals surface area contributed by atoms with Gasteiger partial charge in [0.2, 0.25) is 0 Å². The third kappa shape index (κ3) is 4.07. The molecule has 3 N–H and O–H groups in total. The lowest BCUT2D eigenvalue weighted by Crippen LogP contribution is -2.36. The van der Waals surface area contributed by atoms with Crippen LogP contribution in [-0.2, 0) is 6.54 Å². The highest BCUT2D eigenvalue weighted by atomic mass is 35.5. The van der Waals surface area contributed by atoms with Gasteiger partial charge < -0.3 is 15.7 Å². The summed E-state index contributed by atoms with van der Waals surface area (Å²) in [6.45, 7) is 0.0730. The van der Waals surface area contributed by atoms with E-state index in [1.165, 1.54) is 0 Å². The lowest BCUT2D eigenvalue weighted by molar-refractivity contribution is 0.300. The second-order valence-corrected chi connectivity index (χ2v) is 3.97. The van der Waals surface area contributed by atoms with Crippen molar-refractivity contribution in [3.63, 3.8) is 0 Å². The van der Waals surface area contributed by atoms with E-state index >= 15 is 0 Å². The normalized spacial score (nSPS) is 10.1. The highest BCUT2D eigenvalue weighted by molar-refractivity contribution is 7.80. The Morgan fingerprint density at radius 3 is 2.71 bits per heavy atom. The monoisotopic (exact) mass is 280 g/mol. The van der Waals surface area contributed by atoms with Gasteiger partial charge in [0.25, 0.3) is 0 Å². The van der Waals surface area contributed by atoms with Crippen molar-refractivity contribution in [3.8, 4) is 0 Å². The summed E-state index contributed by atoms with van der Waals surface area (Å²) in [6, 6.07) is 2.24. The summed E-state index contributed by atoms with van der Waals surface area (Å²) in [5, 5.41) is 13.9. The van der Waals surface area contributed by atoms with Gasteiger partial charge in [-0.25, -0.2) is 8.78 Å². The Labute approximate surface area is 108 Å². The van der Waals surface area contributed by atoms with Gasteiger partial charge in [-0.2, -0.15) is 0 Å². The van der Waals surface area contributed by atoms with Crippen LogP contribution in [0.5, 0.6) is 0 Å². The van der Waals surface area contributed by atoms with Gasteiger partial charge in [-0.1, -0.05) is 11.6 Å². The van der Waals surface area contributed by atoms with Gasteiger partial charge in [-0.15, -0.1) is 0 Å². The van der Waals surface area contributed by atoms with E-state index < -0.39 is 11.6 Å². The summed E-state index contributed by atoms with van der Waals surface area (Å²) >= 11 is 10.4. The number of thiocarbonyl (C=S) groups is 1. The highest BCUT2D eigenvalue weighted by Gasteiger charge is 2.12. The molecule has 1 aromatic rings. The minimum absolute atomic E-state index is 0.0816. The second-order valence-electron chi connectivity index (χ2n) is 3.15. The molecule has 0 heterocycles. The zero-order valence-electron chi connectivity index (χ0n) is 8.77. The number of hydrogen-bond donors (Lipinski definition) is 3. The summed E-state index contributed by atoms with van der Waals surface area (Å²) in [5.74, 6) is -1.49. The van der Waals surface area contributed by atoms with Gasteiger partial charge in [0.15, 0.2) is 5.11 Å². The SMILES string of the molecule is OCCNC(=S)NCc1c(F)ccc(Cl)c1F. The molecule has 17 heavy (non-hydrogen) atoms. The van der Waals surface area contributed by atoms with Crippen molar-refractivity contribution in [1.29, 1.82) is 0 Å². The van der Waals surface area contributed by atoms with Gasteiger partial charge in [0.05, 0.1) is 11.6 Å². The Kier molecular flexibility index (Phi) is 5.54. The van der Waals surface area contributed by atoms with Crippen molar-refractivity contribution in [2.24, 2.45) is 0 Å². The number of rotatable bonds is 4. The average Bonchev–Trinajstić information content (AvgIpc) is 2.31. The number of aliphatic hydroxyl groups is 1. The zero-order chi connectivity index (χ0) is 12.8. The Balaban J connectivity index is 2.63. The van der Waals surface area contributed by atoms with Crippen LogP contribution in [-0.4, -0.2) is 23.4 Å². The Morgan fingerprint density at radius 2 is 2.06 bits per heavy atom. The lowest BCUT2D eigenvalue weighted by Gasteiger charge is -2.11. The van der Waals surface area contributed by atoms with E-state index in [1.54, 1.807) is 0 Å². The molecule has 7 heteroatoms. The van der Waals surface area contributed by atoms with Crippen LogP contribution in [0.4, 0.5) is 8.78 Å². The van der Waals surface area contributed by atoms with Crippen molar-refractivity contribution in [2.45, 2.75) is 6.54 Å². The van der Waals surface area contributed by atoms with E-state index in [4.69, 9.17) is 28.9 Å². The van der Waals surface area contributed by atoms with E-state index in [0.29, 0.717) is 0 Å². The summed E-state index contributed by atoms with van der Waals surface area (Å²) < 4.78 is 26.7. The van der Waals surface area contributed by atoms with Crippen molar-refractivity contribution in [1.82, 2.24) is 10.6 Å². The molecule has 0 aliphatic carbocycles. The topological polar surface area (TPSA) is 44.3 Å². The Hall–Kier alpha value is -0.980. The van der Waals surface area contributed by atoms with Gasteiger partial charge in [0, 0.05) is 18.7 Å². The molecule has 0 amide bonds. The molecule has 0 aliphatic heterocycles. The first-order chi connectivity index (χ1) is 8.06. The lowest BCUT2D eigenvalue weighted by atomic mass is 10.2. The van der Waals surface area contributed by atoms with Crippen molar-refractivity contribution >= 4 is 28.9 Å². The van der Waals surface area contributed by atoms with Crippen LogP contribution in [0.3, 0.4) is 0 Å². The number of nitrogens with one attached hydrogen (secondary N) is 2. The number of aliphatic hydroxyl groups excluding tert-OH is 1.